The van der Waals surface area contributed by atoms with Gasteiger partial charge in [0.15, 0.2) is 5.69 Å². The number of amides is 2. The minimum Gasteiger partial charge on any atom is -0.337 e. The zero-order valence-electron chi connectivity index (χ0n) is 13.7. The van der Waals surface area contributed by atoms with Crippen LogP contribution in [0.1, 0.15) is 31.2 Å². The van der Waals surface area contributed by atoms with Crippen molar-refractivity contribution in [1.82, 2.24) is 24.9 Å². The highest BCUT2D eigenvalue weighted by atomic mass is 16.2. The van der Waals surface area contributed by atoms with E-state index in [1.54, 1.807) is 11.0 Å². The minimum atomic E-state index is -0.0268. The molecule has 0 bridgehead atoms. The monoisotopic (exact) mass is 316 g/mol. The van der Waals surface area contributed by atoms with E-state index in [2.05, 4.69) is 22.2 Å². The third kappa shape index (κ3) is 3.82. The fraction of sp³-hybridized carbons (Fsp3) is 0.688. The second-order valence-electron chi connectivity index (χ2n) is 6.56. The molecule has 0 aromatic carbocycles. The molecular formula is C16H24N6O. The molecule has 7 heteroatoms. The summed E-state index contributed by atoms with van der Waals surface area (Å²) in [6.07, 6.45) is 2.57. The Kier molecular flexibility index (Phi) is 4.82. The number of hydrogen-bond donors (Lipinski definition) is 1. The molecule has 2 aliphatic heterocycles. The standard InChI is InChI=1S/C16H24N6O/c1-13-3-2-5-20(11-13)6-4-18-16(23)21-7-8-22-15(12-21)9-14(10-17)19-22/h9,13H,2-8,11-12H2,1H3,(H,18,23). The van der Waals surface area contributed by atoms with E-state index in [-0.39, 0.29) is 6.03 Å². The van der Waals surface area contributed by atoms with Gasteiger partial charge < -0.3 is 15.1 Å². The first-order valence-electron chi connectivity index (χ1n) is 8.37. The number of hydrogen-bond acceptors (Lipinski definition) is 4. The zero-order valence-corrected chi connectivity index (χ0v) is 13.7. The van der Waals surface area contributed by atoms with Crippen LogP contribution in [-0.4, -0.2) is 58.3 Å². The van der Waals surface area contributed by atoms with Gasteiger partial charge in [0.25, 0.3) is 0 Å². The highest BCUT2D eigenvalue weighted by Crippen LogP contribution is 2.15. The summed E-state index contributed by atoms with van der Waals surface area (Å²) in [5.41, 5.74) is 1.34. The predicted octanol–water partition coefficient (Wildman–Crippen LogP) is 1.01. The van der Waals surface area contributed by atoms with Gasteiger partial charge in [-0.05, 0) is 31.4 Å². The van der Waals surface area contributed by atoms with E-state index in [1.165, 1.54) is 12.8 Å². The maximum atomic E-state index is 12.3. The smallest absolute Gasteiger partial charge is 0.317 e. The van der Waals surface area contributed by atoms with Gasteiger partial charge in [0, 0.05) is 26.2 Å². The summed E-state index contributed by atoms with van der Waals surface area (Å²) in [7, 11) is 0. The van der Waals surface area contributed by atoms with E-state index in [0.717, 1.165) is 31.2 Å². The molecule has 2 aliphatic rings. The van der Waals surface area contributed by atoms with Crippen LogP contribution >= 0.6 is 0 Å². The molecule has 1 N–H and O–H groups in total. The maximum absolute atomic E-state index is 12.3. The van der Waals surface area contributed by atoms with E-state index in [0.29, 0.717) is 31.9 Å². The molecule has 1 unspecified atom stereocenters. The molecule has 1 saturated heterocycles. The number of rotatable bonds is 3. The Labute approximate surface area is 136 Å². The van der Waals surface area contributed by atoms with Gasteiger partial charge in [-0.15, -0.1) is 0 Å². The number of piperidine rings is 1. The van der Waals surface area contributed by atoms with Crippen molar-refractivity contribution in [3.05, 3.63) is 17.5 Å². The molecule has 0 radical (unpaired) electrons. The Bertz CT molecular complexity index is 604. The number of carbonyl (C=O) groups is 1. The van der Waals surface area contributed by atoms with Crippen molar-refractivity contribution >= 4 is 6.03 Å². The van der Waals surface area contributed by atoms with Crippen LogP contribution in [0.25, 0.3) is 0 Å². The molecule has 1 atom stereocenters. The van der Waals surface area contributed by atoms with Gasteiger partial charge >= 0.3 is 6.03 Å². The molecule has 1 aromatic rings. The molecule has 0 saturated carbocycles. The lowest BCUT2D eigenvalue weighted by Crippen LogP contribution is -2.47. The Morgan fingerprint density at radius 2 is 2.35 bits per heavy atom. The van der Waals surface area contributed by atoms with Crippen LogP contribution in [-0.2, 0) is 13.1 Å². The van der Waals surface area contributed by atoms with Crippen molar-refractivity contribution < 1.29 is 4.79 Å². The molecule has 1 aromatic heterocycles. The molecule has 7 nitrogen and oxygen atoms in total. The van der Waals surface area contributed by atoms with Gasteiger partial charge in [0.1, 0.15) is 6.07 Å². The number of urea groups is 1. The highest BCUT2D eigenvalue weighted by Gasteiger charge is 2.22. The Morgan fingerprint density at radius 1 is 1.48 bits per heavy atom. The van der Waals surface area contributed by atoms with Crippen LogP contribution in [0.4, 0.5) is 4.79 Å². The van der Waals surface area contributed by atoms with Crippen molar-refractivity contribution in [2.24, 2.45) is 5.92 Å². The third-order valence-electron chi connectivity index (χ3n) is 4.65. The van der Waals surface area contributed by atoms with Gasteiger partial charge in [-0.2, -0.15) is 10.4 Å². The molecule has 1 fully saturated rings. The number of likely N-dealkylation sites (tertiary alicyclic amines) is 1. The van der Waals surface area contributed by atoms with Crippen LogP contribution in [0.2, 0.25) is 0 Å². The van der Waals surface area contributed by atoms with E-state index in [9.17, 15) is 4.79 Å². The van der Waals surface area contributed by atoms with Gasteiger partial charge in [0.2, 0.25) is 0 Å². The lowest BCUT2D eigenvalue weighted by atomic mass is 10.0. The van der Waals surface area contributed by atoms with Crippen molar-refractivity contribution in [2.45, 2.75) is 32.9 Å². The number of aromatic nitrogens is 2. The molecule has 0 aliphatic carbocycles. The van der Waals surface area contributed by atoms with E-state index >= 15 is 0 Å². The van der Waals surface area contributed by atoms with Crippen molar-refractivity contribution in [3.63, 3.8) is 0 Å². The first kappa shape index (κ1) is 15.8. The van der Waals surface area contributed by atoms with Crippen LogP contribution in [0.15, 0.2) is 6.07 Å². The number of carbonyl (C=O) groups excluding carboxylic acids is 1. The summed E-state index contributed by atoms with van der Waals surface area (Å²) in [6, 6.07) is 3.78. The summed E-state index contributed by atoms with van der Waals surface area (Å²) in [4.78, 5) is 16.5. The van der Waals surface area contributed by atoms with Gasteiger partial charge in [-0.1, -0.05) is 6.92 Å². The van der Waals surface area contributed by atoms with Crippen LogP contribution < -0.4 is 5.32 Å². The van der Waals surface area contributed by atoms with Crippen LogP contribution in [0.5, 0.6) is 0 Å². The second kappa shape index (κ2) is 7.01. The van der Waals surface area contributed by atoms with Crippen molar-refractivity contribution in [3.8, 4) is 6.07 Å². The average Bonchev–Trinajstić information content (AvgIpc) is 2.97. The van der Waals surface area contributed by atoms with Crippen LogP contribution in [0, 0.1) is 17.2 Å². The summed E-state index contributed by atoms with van der Waals surface area (Å²) in [6.45, 7) is 7.96. The molecule has 124 valence electrons. The quantitative estimate of drug-likeness (QED) is 0.903. The largest absolute Gasteiger partial charge is 0.337 e. The average molecular weight is 316 g/mol. The molecule has 2 amide bonds. The summed E-state index contributed by atoms with van der Waals surface area (Å²) < 4.78 is 1.82. The topological polar surface area (TPSA) is 77.2 Å². The number of fused-ring (bicyclic) bond motifs is 1. The normalized spacial score (nSPS) is 21.6. The Morgan fingerprint density at radius 3 is 3.13 bits per heavy atom. The number of nitrogens with one attached hydrogen (secondary N) is 1. The van der Waals surface area contributed by atoms with E-state index < -0.39 is 0 Å². The van der Waals surface area contributed by atoms with E-state index in [1.807, 2.05) is 10.8 Å². The predicted molar refractivity (Wildman–Crippen MR) is 85.6 cm³/mol. The van der Waals surface area contributed by atoms with Crippen molar-refractivity contribution in [1.29, 1.82) is 5.26 Å². The summed E-state index contributed by atoms with van der Waals surface area (Å²) in [5, 5.41) is 16.1. The lowest BCUT2D eigenvalue weighted by molar-refractivity contribution is 0.169. The van der Waals surface area contributed by atoms with Gasteiger partial charge in [0.05, 0.1) is 18.8 Å². The second-order valence-corrected chi connectivity index (χ2v) is 6.56. The molecular weight excluding hydrogens is 292 g/mol. The van der Waals surface area contributed by atoms with Crippen molar-refractivity contribution in [2.75, 3.05) is 32.7 Å². The highest BCUT2D eigenvalue weighted by molar-refractivity contribution is 5.74. The Hall–Kier alpha value is -2.07. The minimum absolute atomic E-state index is 0.0268. The Balaban J connectivity index is 1.45. The van der Waals surface area contributed by atoms with Gasteiger partial charge in [-0.3, -0.25) is 4.68 Å². The number of nitrogens with zero attached hydrogens (tertiary/aromatic N) is 5. The first-order chi connectivity index (χ1) is 11.2. The van der Waals surface area contributed by atoms with Crippen LogP contribution in [0.3, 0.4) is 0 Å². The lowest BCUT2D eigenvalue weighted by Gasteiger charge is -2.31. The molecule has 23 heavy (non-hydrogen) atoms. The molecule has 0 spiro atoms. The maximum Gasteiger partial charge on any atom is 0.317 e. The summed E-state index contributed by atoms with van der Waals surface area (Å²) >= 11 is 0. The van der Waals surface area contributed by atoms with Gasteiger partial charge in [-0.25, -0.2) is 4.79 Å². The zero-order chi connectivity index (χ0) is 16.2. The number of nitriles is 1. The fourth-order valence-corrected chi connectivity index (χ4v) is 3.42. The molecule has 3 heterocycles. The first-order valence-corrected chi connectivity index (χ1v) is 8.37. The SMILES string of the molecule is CC1CCCN(CCNC(=O)N2CCn3nc(C#N)cc3C2)C1. The third-order valence-corrected chi connectivity index (χ3v) is 4.65. The molecule has 3 rings (SSSR count). The fourth-order valence-electron chi connectivity index (χ4n) is 3.42. The summed E-state index contributed by atoms with van der Waals surface area (Å²) in [5.74, 6) is 0.760. The van der Waals surface area contributed by atoms with E-state index in [4.69, 9.17) is 5.26 Å².